The van der Waals surface area contributed by atoms with Crippen LogP contribution in [-0.4, -0.2) is 5.71 Å². The zero-order valence-corrected chi connectivity index (χ0v) is 30.6. The van der Waals surface area contributed by atoms with Crippen molar-refractivity contribution in [2.75, 3.05) is 0 Å². The molecule has 0 saturated heterocycles. The van der Waals surface area contributed by atoms with Crippen LogP contribution in [0.2, 0.25) is 0 Å². The minimum Gasteiger partial charge on any atom is -0.457 e. The highest BCUT2D eigenvalue weighted by Gasteiger charge is 2.50. The van der Waals surface area contributed by atoms with Gasteiger partial charge in [0.05, 0.1) is 11.1 Å². The molecule has 1 N–H and O–H groups in total. The molecule has 264 valence electrons. The summed E-state index contributed by atoms with van der Waals surface area (Å²) >= 11 is 0. The van der Waals surface area contributed by atoms with E-state index in [1.165, 1.54) is 44.5 Å². The summed E-state index contributed by atoms with van der Waals surface area (Å²) in [5.41, 5.74) is 17.0. The topological polar surface area (TPSA) is 33.6 Å². The summed E-state index contributed by atoms with van der Waals surface area (Å²) in [6.45, 7) is 0. The van der Waals surface area contributed by atoms with Crippen LogP contribution in [0.4, 0.5) is 0 Å². The summed E-state index contributed by atoms with van der Waals surface area (Å²) in [5.74, 6) is 1.78. The van der Waals surface area contributed by atoms with Gasteiger partial charge in [-0.3, -0.25) is 4.99 Å². The number of benzene rings is 8. The molecule has 2 heterocycles. The molecule has 0 aromatic heterocycles. The normalized spacial score (nSPS) is 15.6. The van der Waals surface area contributed by atoms with Crippen molar-refractivity contribution in [1.82, 2.24) is 5.32 Å². The number of para-hydroxylation sites is 1. The maximum absolute atomic E-state index is 6.78. The maximum Gasteiger partial charge on any atom is 0.145 e. The molecule has 0 amide bonds. The van der Waals surface area contributed by atoms with Crippen LogP contribution in [0.25, 0.3) is 39.1 Å². The lowest BCUT2D eigenvalue weighted by Gasteiger charge is -2.39. The average Bonchev–Trinajstić information content (AvgIpc) is 3.57. The van der Waals surface area contributed by atoms with Gasteiger partial charge in [0, 0.05) is 16.8 Å². The maximum atomic E-state index is 6.78. The van der Waals surface area contributed by atoms with Gasteiger partial charge in [0.15, 0.2) is 0 Å². The van der Waals surface area contributed by atoms with Crippen LogP contribution >= 0.6 is 0 Å². The van der Waals surface area contributed by atoms with E-state index in [-0.39, 0.29) is 6.17 Å². The van der Waals surface area contributed by atoms with Crippen LogP contribution in [0, 0.1) is 0 Å². The van der Waals surface area contributed by atoms with Gasteiger partial charge in [-0.15, -0.1) is 0 Å². The highest BCUT2D eigenvalue weighted by molar-refractivity contribution is 6.13. The first-order chi connectivity index (χ1) is 27.7. The summed E-state index contributed by atoms with van der Waals surface area (Å²) in [7, 11) is 0. The molecule has 1 aliphatic carbocycles. The molecule has 56 heavy (non-hydrogen) atoms. The molecule has 8 aromatic rings. The molecule has 2 aliphatic heterocycles. The Morgan fingerprint density at radius 2 is 0.911 bits per heavy atom. The summed E-state index contributed by atoms with van der Waals surface area (Å²) in [5, 5.41) is 3.71. The number of nitrogens with one attached hydrogen (secondary N) is 1. The number of fused-ring (bicyclic) bond motifs is 9. The van der Waals surface area contributed by atoms with Gasteiger partial charge in [0.1, 0.15) is 17.7 Å². The highest BCUT2D eigenvalue weighted by Crippen LogP contribution is 2.62. The fraction of sp³-hybridized carbons (Fsp3) is 0.0377. The number of hydrogen-bond acceptors (Lipinski definition) is 3. The molecule has 0 radical (unpaired) electrons. The highest BCUT2D eigenvalue weighted by atomic mass is 16.5. The second-order valence-electron chi connectivity index (χ2n) is 14.7. The number of hydrogen-bond donors (Lipinski definition) is 1. The van der Waals surface area contributed by atoms with E-state index in [1.54, 1.807) is 0 Å². The third-order valence-corrected chi connectivity index (χ3v) is 11.6. The molecule has 8 aromatic carbocycles. The quantitative estimate of drug-likeness (QED) is 0.192. The van der Waals surface area contributed by atoms with E-state index in [9.17, 15) is 0 Å². The molecular formula is C53H36N2O. The van der Waals surface area contributed by atoms with E-state index in [4.69, 9.17) is 9.73 Å². The molecule has 1 atom stereocenters. The molecule has 3 nitrogen and oxygen atoms in total. The third kappa shape index (κ3) is 5.09. The number of rotatable bonds is 5. The molecule has 0 saturated carbocycles. The standard InChI is InChI=1S/C53H36N2O/c1-3-13-35(14-4-1)36-23-27-38(28-24-36)48-34-49(55-52(54-48)40-15-5-2-6-16-40)39-29-25-37(26-30-39)41-31-32-47-51(33-41)56-50-22-12-11-21-46(50)53(47)44-19-9-7-17-42(44)43-18-8-10-20-45(43)53/h1-34,52,54H. The zero-order valence-electron chi connectivity index (χ0n) is 30.6. The lowest BCUT2D eigenvalue weighted by molar-refractivity contribution is 0.436. The molecule has 11 rings (SSSR count). The van der Waals surface area contributed by atoms with Crippen LogP contribution in [0.5, 0.6) is 11.5 Å². The predicted molar refractivity (Wildman–Crippen MR) is 228 cm³/mol. The first-order valence-electron chi connectivity index (χ1n) is 19.2. The second kappa shape index (κ2) is 13.0. The Hall–Kier alpha value is -7.23. The SMILES string of the molecule is C1=C(c2ccc(-c3ccccc3)cc2)NC(c2ccccc2)N=C1c1ccc(-c2ccc3c(c2)Oc2ccccc2C32c3ccccc3-c3ccccc32)cc1. The lowest BCUT2D eigenvalue weighted by Crippen LogP contribution is -2.32. The largest absolute Gasteiger partial charge is 0.457 e. The fourth-order valence-electron chi connectivity index (χ4n) is 9.00. The van der Waals surface area contributed by atoms with Crippen LogP contribution in [-0.2, 0) is 5.41 Å². The van der Waals surface area contributed by atoms with Crippen molar-refractivity contribution >= 4 is 11.4 Å². The van der Waals surface area contributed by atoms with E-state index in [0.29, 0.717) is 0 Å². The van der Waals surface area contributed by atoms with Crippen LogP contribution in [0.15, 0.2) is 211 Å². The third-order valence-electron chi connectivity index (χ3n) is 11.6. The summed E-state index contributed by atoms with van der Waals surface area (Å²) < 4.78 is 6.78. The molecule has 0 bridgehead atoms. The van der Waals surface area contributed by atoms with Gasteiger partial charge in [-0.05, 0) is 79.4 Å². The van der Waals surface area contributed by atoms with Crippen LogP contribution < -0.4 is 10.1 Å². The van der Waals surface area contributed by atoms with Crippen molar-refractivity contribution in [3.05, 3.63) is 245 Å². The van der Waals surface area contributed by atoms with E-state index in [1.807, 2.05) is 6.07 Å². The number of ether oxygens (including phenoxy) is 1. The van der Waals surface area contributed by atoms with Crippen molar-refractivity contribution in [3.8, 4) is 44.9 Å². The predicted octanol–water partition coefficient (Wildman–Crippen LogP) is 12.6. The number of nitrogens with zero attached hydrogens (tertiary/aromatic N) is 1. The molecule has 3 aliphatic rings. The fourth-order valence-corrected chi connectivity index (χ4v) is 9.00. The molecule has 1 unspecified atom stereocenters. The molecular weight excluding hydrogens is 681 g/mol. The monoisotopic (exact) mass is 716 g/mol. The Kier molecular flexibility index (Phi) is 7.46. The Labute approximate surface area is 327 Å². The first-order valence-corrected chi connectivity index (χ1v) is 19.2. The molecule has 1 spiro atoms. The lowest BCUT2D eigenvalue weighted by atomic mass is 9.66. The Balaban J connectivity index is 0.966. The molecule has 0 fully saturated rings. The van der Waals surface area contributed by atoms with E-state index >= 15 is 0 Å². The van der Waals surface area contributed by atoms with Gasteiger partial charge in [0.2, 0.25) is 0 Å². The van der Waals surface area contributed by atoms with Gasteiger partial charge in [-0.25, -0.2) is 0 Å². The van der Waals surface area contributed by atoms with Gasteiger partial charge in [-0.2, -0.15) is 0 Å². The van der Waals surface area contributed by atoms with Gasteiger partial charge < -0.3 is 10.1 Å². The first kappa shape index (κ1) is 32.2. The van der Waals surface area contributed by atoms with E-state index < -0.39 is 5.41 Å². The zero-order chi connectivity index (χ0) is 37.1. The van der Waals surface area contributed by atoms with Gasteiger partial charge in [0.25, 0.3) is 0 Å². The van der Waals surface area contributed by atoms with Gasteiger partial charge >= 0.3 is 0 Å². The van der Waals surface area contributed by atoms with Crippen molar-refractivity contribution in [3.63, 3.8) is 0 Å². The summed E-state index contributed by atoms with van der Waals surface area (Å²) in [4.78, 5) is 5.23. The minimum atomic E-state index is -0.464. The van der Waals surface area contributed by atoms with Crippen molar-refractivity contribution in [2.45, 2.75) is 11.6 Å². The van der Waals surface area contributed by atoms with Crippen molar-refractivity contribution < 1.29 is 4.74 Å². The Bertz CT molecular complexity index is 2790. The minimum absolute atomic E-state index is 0.210. The second-order valence-corrected chi connectivity index (χ2v) is 14.7. The van der Waals surface area contributed by atoms with Crippen LogP contribution in [0.3, 0.4) is 0 Å². The Morgan fingerprint density at radius 1 is 0.411 bits per heavy atom. The van der Waals surface area contributed by atoms with Crippen molar-refractivity contribution in [2.24, 2.45) is 4.99 Å². The molecule has 3 heteroatoms. The van der Waals surface area contributed by atoms with Gasteiger partial charge in [-0.1, -0.05) is 188 Å². The van der Waals surface area contributed by atoms with E-state index in [0.717, 1.165) is 50.7 Å². The summed E-state index contributed by atoms with van der Waals surface area (Å²) in [6.07, 6.45) is 1.96. The number of aliphatic imine (C=N–C) groups is 1. The Morgan fingerprint density at radius 3 is 1.61 bits per heavy atom. The number of allylic oxidation sites excluding steroid dienone is 1. The summed E-state index contributed by atoms with van der Waals surface area (Å²) in [6, 6.07) is 71.5. The smallest absolute Gasteiger partial charge is 0.145 e. The van der Waals surface area contributed by atoms with Crippen LogP contribution in [0.1, 0.15) is 45.1 Å². The van der Waals surface area contributed by atoms with E-state index in [2.05, 4.69) is 206 Å². The van der Waals surface area contributed by atoms with Crippen molar-refractivity contribution in [1.29, 1.82) is 0 Å². The average molecular weight is 717 g/mol.